The smallest absolute Gasteiger partial charge is 0.152 e. The fourth-order valence-electron chi connectivity index (χ4n) is 1.94. The monoisotopic (exact) mass is 260 g/mol. The molecule has 4 nitrogen and oxygen atoms in total. The summed E-state index contributed by atoms with van der Waals surface area (Å²) in [6.07, 6.45) is 0.702. The Morgan fingerprint density at radius 2 is 2.38 bits per heavy atom. The van der Waals surface area contributed by atoms with Gasteiger partial charge in [-0.25, -0.2) is 13.4 Å². The number of sulfone groups is 1. The summed E-state index contributed by atoms with van der Waals surface area (Å²) in [5.41, 5.74) is 2.58. The zero-order valence-corrected chi connectivity index (χ0v) is 11.1. The molecule has 2 heterocycles. The molecule has 1 saturated heterocycles. The average Bonchev–Trinajstić information content (AvgIpc) is 2.69. The number of rotatable bonds is 3. The summed E-state index contributed by atoms with van der Waals surface area (Å²) >= 11 is 1.61. The lowest BCUT2D eigenvalue weighted by Gasteiger charge is -2.23. The molecule has 1 aromatic heterocycles. The van der Waals surface area contributed by atoms with E-state index in [1.54, 1.807) is 11.3 Å². The molecule has 1 fully saturated rings. The highest BCUT2D eigenvalue weighted by atomic mass is 32.2. The first-order chi connectivity index (χ1) is 7.40. The number of nitrogens with one attached hydrogen (secondary N) is 1. The van der Waals surface area contributed by atoms with Gasteiger partial charge < -0.3 is 5.32 Å². The van der Waals surface area contributed by atoms with E-state index in [-0.39, 0.29) is 11.3 Å². The van der Waals surface area contributed by atoms with Crippen LogP contribution in [0.5, 0.6) is 0 Å². The molecule has 1 aliphatic rings. The summed E-state index contributed by atoms with van der Waals surface area (Å²) < 4.78 is 22.8. The normalized spacial score (nSPS) is 28.4. The summed E-state index contributed by atoms with van der Waals surface area (Å²) in [4.78, 5) is 5.36. The Hall–Kier alpha value is -0.460. The van der Waals surface area contributed by atoms with Crippen molar-refractivity contribution in [2.45, 2.75) is 32.4 Å². The van der Waals surface area contributed by atoms with Crippen LogP contribution in [0, 0.1) is 6.92 Å². The molecule has 1 N–H and O–H groups in total. The predicted octanol–water partition coefficient (Wildman–Crippen LogP) is 1.12. The van der Waals surface area contributed by atoms with Gasteiger partial charge in [0.1, 0.15) is 0 Å². The third-order valence-corrected chi connectivity index (χ3v) is 5.86. The highest BCUT2D eigenvalue weighted by molar-refractivity contribution is 7.91. The Bertz CT molecular complexity index is 481. The third-order valence-electron chi connectivity index (χ3n) is 3.02. The number of thiazole rings is 1. The van der Waals surface area contributed by atoms with E-state index in [2.05, 4.69) is 10.3 Å². The van der Waals surface area contributed by atoms with Crippen molar-refractivity contribution in [1.82, 2.24) is 10.3 Å². The zero-order chi connectivity index (χ0) is 11.8. The van der Waals surface area contributed by atoms with E-state index in [1.807, 2.05) is 19.4 Å². The van der Waals surface area contributed by atoms with Crippen LogP contribution in [0.4, 0.5) is 0 Å². The molecule has 0 amide bonds. The van der Waals surface area contributed by atoms with Crippen LogP contribution < -0.4 is 5.32 Å². The summed E-state index contributed by atoms with van der Waals surface area (Å²) in [5, 5.41) is 3.35. The molecule has 1 atom stereocenters. The average molecular weight is 260 g/mol. The molecular weight excluding hydrogens is 244 g/mol. The molecule has 0 saturated carbocycles. The second kappa shape index (κ2) is 4.09. The van der Waals surface area contributed by atoms with Crippen molar-refractivity contribution in [3.8, 4) is 0 Å². The quantitative estimate of drug-likeness (QED) is 0.884. The Morgan fingerprint density at radius 1 is 1.62 bits per heavy atom. The number of aromatic nitrogens is 1. The van der Waals surface area contributed by atoms with Crippen molar-refractivity contribution in [2.24, 2.45) is 0 Å². The van der Waals surface area contributed by atoms with Gasteiger partial charge in [-0.1, -0.05) is 0 Å². The predicted molar refractivity (Wildman–Crippen MR) is 65.4 cm³/mol. The van der Waals surface area contributed by atoms with Gasteiger partial charge in [0, 0.05) is 17.0 Å². The van der Waals surface area contributed by atoms with E-state index in [0.29, 0.717) is 18.7 Å². The molecule has 1 aromatic rings. The molecule has 0 aromatic carbocycles. The summed E-state index contributed by atoms with van der Waals surface area (Å²) in [6, 6.07) is 0. The molecule has 2 rings (SSSR count). The van der Waals surface area contributed by atoms with Gasteiger partial charge in [0.25, 0.3) is 0 Å². The van der Waals surface area contributed by atoms with Crippen LogP contribution in [0.2, 0.25) is 0 Å². The summed E-state index contributed by atoms with van der Waals surface area (Å²) in [5.74, 6) is 0.552. The topological polar surface area (TPSA) is 59.1 Å². The maximum Gasteiger partial charge on any atom is 0.152 e. The van der Waals surface area contributed by atoms with Crippen LogP contribution in [-0.2, 0) is 16.4 Å². The Kier molecular flexibility index (Phi) is 3.07. The van der Waals surface area contributed by atoms with Crippen molar-refractivity contribution in [3.05, 3.63) is 16.1 Å². The maximum absolute atomic E-state index is 11.4. The van der Waals surface area contributed by atoms with Gasteiger partial charge in [0.05, 0.1) is 22.7 Å². The van der Waals surface area contributed by atoms with E-state index in [1.165, 1.54) is 4.88 Å². The minimum Gasteiger partial charge on any atom is -0.306 e. The van der Waals surface area contributed by atoms with Crippen LogP contribution in [-0.4, -0.2) is 30.4 Å². The van der Waals surface area contributed by atoms with Crippen molar-refractivity contribution < 1.29 is 8.42 Å². The summed E-state index contributed by atoms with van der Waals surface area (Å²) in [6.45, 7) is 4.66. The second-order valence-corrected chi connectivity index (χ2v) is 7.74. The van der Waals surface area contributed by atoms with Gasteiger partial charge in [0.15, 0.2) is 9.84 Å². The van der Waals surface area contributed by atoms with Crippen molar-refractivity contribution in [3.63, 3.8) is 0 Å². The van der Waals surface area contributed by atoms with Gasteiger partial charge in [-0.05, 0) is 20.3 Å². The molecule has 0 bridgehead atoms. The Morgan fingerprint density at radius 3 is 2.88 bits per heavy atom. The third kappa shape index (κ3) is 2.61. The molecule has 6 heteroatoms. The molecular formula is C10H16N2O2S2. The largest absolute Gasteiger partial charge is 0.306 e. The van der Waals surface area contributed by atoms with E-state index >= 15 is 0 Å². The van der Waals surface area contributed by atoms with Crippen LogP contribution in [0.25, 0.3) is 0 Å². The molecule has 90 valence electrons. The first-order valence-electron chi connectivity index (χ1n) is 5.25. The number of nitrogens with zero attached hydrogens (tertiary/aromatic N) is 1. The van der Waals surface area contributed by atoms with Crippen LogP contribution in [0.15, 0.2) is 5.51 Å². The lowest BCUT2D eigenvalue weighted by molar-refractivity contribution is 0.397. The molecule has 0 radical (unpaired) electrons. The molecule has 1 aliphatic heterocycles. The van der Waals surface area contributed by atoms with E-state index in [4.69, 9.17) is 0 Å². The van der Waals surface area contributed by atoms with Gasteiger partial charge in [-0.3, -0.25) is 0 Å². The SMILES string of the molecule is Cc1ncsc1CNC1(C)CCS(=O)(=O)C1. The molecule has 0 spiro atoms. The Labute approximate surface area is 100 Å². The van der Waals surface area contributed by atoms with Crippen LogP contribution in [0.3, 0.4) is 0 Å². The fraction of sp³-hybridized carbons (Fsp3) is 0.700. The number of hydrogen-bond donors (Lipinski definition) is 1. The second-order valence-electron chi connectivity index (χ2n) is 4.62. The highest BCUT2D eigenvalue weighted by Gasteiger charge is 2.37. The van der Waals surface area contributed by atoms with Crippen molar-refractivity contribution in [1.29, 1.82) is 0 Å². The molecule has 1 unspecified atom stereocenters. The number of hydrogen-bond acceptors (Lipinski definition) is 5. The van der Waals surface area contributed by atoms with Gasteiger partial charge >= 0.3 is 0 Å². The molecule has 0 aliphatic carbocycles. The molecule has 16 heavy (non-hydrogen) atoms. The van der Waals surface area contributed by atoms with Gasteiger partial charge in [-0.15, -0.1) is 11.3 Å². The van der Waals surface area contributed by atoms with E-state index < -0.39 is 9.84 Å². The van der Waals surface area contributed by atoms with E-state index in [9.17, 15) is 8.42 Å². The maximum atomic E-state index is 11.4. The lowest BCUT2D eigenvalue weighted by Crippen LogP contribution is -2.42. The van der Waals surface area contributed by atoms with Crippen molar-refractivity contribution in [2.75, 3.05) is 11.5 Å². The zero-order valence-electron chi connectivity index (χ0n) is 9.49. The lowest BCUT2D eigenvalue weighted by atomic mass is 10.0. The minimum absolute atomic E-state index is 0.248. The van der Waals surface area contributed by atoms with E-state index in [0.717, 1.165) is 5.69 Å². The van der Waals surface area contributed by atoms with Crippen molar-refractivity contribution >= 4 is 21.2 Å². The first kappa shape index (κ1) is 12.0. The fourth-order valence-corrected chi connectivity index (χ4v) is 4.78. The van der Waals surface area contributed by atoms with Crippen LogP contribution >= 0.6 is 11.3 Å². The Balaban J connectivity index is 1.99. The highest BCUT2D eigenvalue weighted by Crippen LogP contribution is 2.24. The standard InChI is InChI=1S/C10H16N2O2S2/c1-8-9(15-7-11-8)5-12-10(2)3-4-16(13,14)6-10/h7,12H,3-6H2,1-2H3. The number of aryl methyl sites for hydroxylation is 1. The summed E-state index contributed by atoms with van der Waals surface area (Å²) in [7, 11) is -2.83. The van der Waals surface area contributed by atoms with Gasteiger partial charge in [0.2, 0.25) is 0 Å². The first-order valence-corrected chi connectivity index (χ1v) is 7.95. The minimum atomic E-state index is -2.83. The van der Waals surface area contributed by atoms with Gasteiger partial charge in [-0.2, -0.15) is 0 Å². The van der Waals surface area contributed by atoms with Crippen LogP contribution in [0.1, 0.15) is 23.9 Å².